The first kappa shape index (κ1) is 47.0. The van der Waals surface area contributed by atoms with Gasteiger partial charge in [0.25, 0.3) is 0 Å². The fourth-order valence-electron chi connectivity index (χ4n) is 11.9. The lowest BCUT2D eigenvalue weighted by molar-refractivity contribution is 0.777. The molecule has 0 aromatic heterocycles. The van der Waals surface area contributed by atoms with Crippen molar-refractivity contribution < 1.29 is 0 Å². The van der Waals surface area contributed by atoms with E-state index in [0.29, 0.717) is 11.8 Å². The van der Waals surface area contributed by atoms with Crippen LogP contribution in [0.2, 0.25) is 19.6 Å². The minimum atomic E-state index is -1.51. The molecule has 0 saturated heterocycles. The van der Waals surface area contributed by atoms with Gasteiger partial charge in [0, 0.05) is 34.1 Å². The van der Waals surface area contributed by atoms with E-state index in [2.05, 4.69) is 295 Å². The van der Waals surface area contributed by atoms with Gasteiger partial charge in [0.2, 0.25) is 0 Å². The van der Waals surface area contributed by atoms with E-state index >= 15 is 0 Å². The molecule has 0 aliphatic heterocycles. The molecule has 2 nitrogen and oxygen atoms in total. The third-order valence-electron chi connectivity index (χ3n) is 15.9. The second-order valence-electron chi connectivity index (χ2n) is 22.2. The molecular formula is C71H64N2Si. The summed E-state index contributed by atoms with van der Waals surface area (Å²) < 4.78 is 0. The van der Waals surface area contributed by atoms with E-state index < -0.39 is 13.5 Å². The quantitative estimate of drug-likeness (QED) is 0.0941. The normalized spacial score (nSPS) is 12.9. The maximum atomic E-state index is 2.54. The van der Waals surface area contributed by atoms with Gasteiger partial charge in [0.15, 0.2) is 0 Å². The second kappa shape index (κ2) is 18.5. The molecule has 1 aliphatic carbocycles. The number of hydrogen-bond acceptors (Lipinski definition) is 2. The van der Waals surface area contributed by atoms with Crippen LogP contribution < -0.4 is 15.0 Å². The van der Waals surface area contributed by atoms with E-state index in [1.165, 1.54) is 87.6 Å². The topological polar surface area (TPSA) is 6.48 Å². The van der Waals surface area contributed by atoms with Gasteiger partial charge in [0.05, 0.1) is 13.5 Å². The zero-order chi connectivity index (χ0) is 50.9. The highest BCUT2D eigenvalue weighted by atomic mass is 28.3. The molecule has 12 rings (SSSR count). The first-order chi connectivity index (χ1) is 35.9. The third-order valence-corrected chi connectivity index (χ3v) is 17.9. The fraction of sp³-hybridized carbons (Fsp3) is 0.155. The predicted molar refractivity (Wildman–Crippen MR) is 322 cm³/mol. The van der Waals surface area contributed by atoms with Gasteiger partial charge in [-0.1, -0.05) is 204 Å². The summed E-state index contributed by atoms with van der Waals surface area (Å²) in [6.45, 7) is 18.5. The van der Waals surface area contributed by atoms with E-state index in [1.54, 1.807) is 0 Å². The number of anilines is 6. The molecule has 0 atom stereocenters. The molecule has 362 valence electrons. The molecular weight excluding hydrogens is 909 g/mol. The lowest BCUT2D eigenvalue weighted by Gasteiger charge is -2.35. The van der Waals surface area contributed by atoms with Crippen molar-refractivity contribution in [2.24, 2.45) is 0 Å². The molecule has 11 aromatic carbocycles. The molecule has 0 spiro atoms. The summed E-state index contributed by atoms with van der Waals surface area (Å²) in [5.74, 6) is 0.899. The summed E-state index contributed by atoms with van der Waals surface area (Å²) in [5.41, 5.74) is 17.8. The second-order valence-corrected chi connectivity index (χ2v) is 27.3. The van der Waals surface area contributed by atoms with Crippen molar-refractivity contribution in [3.05, 3.63) is 269 Å². The van der Waals surface area contributed by atoms with Crippen LogP contribution in [0, 0.1) is 6.92 Å². The van der Waals surface area contributed by atoms with Crippen LogP contribution in [0.4, 0.5) is 34.1 Å². The molecule has 1 aliphatic rings. The molecule has 0 radical (unpaired) electrons. The van der Waals surface area contributed by atoms with E-state index in [9.17, 15) is 0 Å². The number of benzene rings is 11. The Morgan fingerprint density at radius 3 is 1.36 bits per heavy atom. The number of nitrogens with zero attached hydrogens (tertiary/aromatic N) is 2. The Morgan fingerprint density at radius 2 is 0.838 bits per heavy atom. The van der Waals surface area contributed by atoms with E-state index in [-0.39, 0.29) is 0 Å². The zero-order valence-corrected chi connectivity index (χ0v) is 45.0. The maximum absolute atomic E-state index is 2.54. The third kappa shape index (κ3) is 7.93. The van der Waals surface area contributed by atoms with Gasteiger partial charge >= 0.3 is 0 Å². The summed E-state index contributed by atoms with van der Waals surface area (Å²) in [6.07, 6.45) is 0. The van der Waals surface area contributed by atoms with Crippen molar-refractivity contribution in [1.29, 1.82) is 0 Å². The fourth-order valence-corrected chi connectivity index (χ4v) is 13.1. The Hall–Kier alpha value is -7.98. The minimum Gasteiger partial charge on any atom is -0.310 e. The van der Waals surface area contributed by atoms with Crippen LogP contribution in [0.3, 0.4) is 0 Å². The standard InChI is InChI=1S/C71H64N2Si/c1-47(2)50-25-32-57(33-26-50)72(59-37-40-62(41-38-59)74(6,7)8)60-36-29-52-44-67-68(45-53(52)43-60)71(54-17-11-9-12-18-54,55-19-13-10-14-20-55)70-65-42-39-61(46-66(65)63-21-15-16-22-64(63)69(67)70)73(56-30-23-49(5)24-31-56)58-34-27-51(28-35-58)48(3)4/h9-48H,1-8H3. The molecule has 0 bridgehead atoms. The first-order valence-electron chi connectivity index (χ1n) is 26.5. The van der Waals surface area contributed by atoms with Crippen LogP contribution in [0.1, 0.15) is 78.5 Å². The van der Waals surface area contributed by atoms with Crippen molar-refractivity contribution in [3.63, 3.8) is 0 Å². The SMILES string of the molecule is Cc1ccc(N(c2ccc(C(C)C)cc2)c2ccc3c4c(c5ccccc5c3c2)-c2cc3ccc(N(c5ccc(C(C)C)cc5)c5ccc([Si](C)(C)C)cc5)cc3cc2C4(c2ccccc2)c2ccccc2)cc1. The number of fused-ring (bicyclic) bond motifs is 9. The summed E-state index contributed by atoms with van der Waals surface area (Å²) >= 11 is 0. The van der Waals surface area contributed by atoms with Crippen molar-refractivity contribution >= 4 is 79.7 Å². The largest absolute Gasteiger partial charge is 0.310 e. The van der Waals surface area contributed by atoms with Crippen LogP contribution in [-0.4, -0.2) is 8.07 Å². The molecule has 0 fully saturated rings. The van der Waals surface area contributed by atoms with Gasteiger partial charge in [-0.25, -0.2) is 0 Å². The highest BCUT2D eigenvalue weighted by Gasteiger charge is 2.48. The van der Waals surface area contributed by atoms with Crippen molar-refractivity contribution in [2.75, 3.05) is 9.80 Å². The van der Waals surface area contributed by atoms with Gasteiger partial charge in [-0.05, 0) is 181 Å². The van der Waals surface area contributed by atoms with Gasteiger partial charge in [-0.15, -0.1) is 0 Å². The van der Waals surface area contributed by atoms with Gasteiger partial charge in [-0.2, -0.15) is 0 Å². The maximum Gasteiger partial charge on any atom is 0.0775 e. The van der Waals surface area contributed by atoms with Gasteiger partial charge in [0.1, 0.15) is 0 Å². The monoisotopic (exact) mass is 972 g/mol. The van der Waals surface area contributed by atoms with Crippen molar-refractivity contribution in [2.45, 2.75) is 71.5 Å². The van der Waals surface area contributed by atoms with Crippen molar-refractivity contribution in [1.82, 2.24) is 0 Å². The number of rotatable bonds is 11. The summed E-state index contributed by atoms with van der Waals surface area (Å²) in [6, 6.07) is 87.8. The van der Waals surface area contributed by atoms with Crippen LogP contribution in [-0.2, 0) is 5.41 Å². The van der Waals surface area contributed by atoms with Crippen LogP contribution in [0.15, 0.2) is 231 Å². The number of aryl methyl sites for hydroxylation is 1. The number of hydrogen-bond donors (Lipinski definition) is 0. The van der Waals surface area contributed by atoms with Crippen LogP contribution in [0.5, 0.6) is 0 Å². The average Bonchev–Trinajstić information content (AvgIpc) is 3.79. The zero-order valence-electron chi connectivity index (χ0n) is 44.0. The van der Waals surface area contributed by atoms with Crippen LogP contribution in [0.25, 0.3) is 43.4 Å². The molecule has 0 heterocycles. The molecule has 0 N–H and O–H groups in total. The van der Waals surface area contributed by atoms with Crippen molar-refractivity contribution in [3.8, 4) is 11.1 Å². The van der Waals surface area contributed by atoms with E-state index in [0.717, 1.165) is 34.1 Å². The molecule has 11 aromatic rings. The van der Waals surface area contributed by atoms with Crippen LogP contribution >= 0.6 is 0 Å². The molecule has 0 amide bonds. The summed E-state index contributed by atoms with van der Waals surface area (Å²) in [5, 5.41) is 8.89. The average molecular weight is 973 g/mol. The lowest BCUT2D eigenvalue weighted by Crippen LogP contribution is -2.37. The Kier molecular flexibility index (Phi) is 11.8. The van der Waals surface area contributed by atoms with Gasteiger partial charge in [-0.3, -0.25) is 0 Å². The molecule has 0 saturated carbocycles. The minimum absolute atomic E-state index is 0.448. The Morgan fingerprint density at radius 1 is 0.378 bits per heavy atom. The van der Waals surface area contributed by atoms with E-state index in [4.69, 9.17) is 0 Å². The Bertz CT molecular complexity index is 3810. The Balaban J connectivity index is 1.12. The highest BCUT2D eigenvalue weighted by Crippen LogP contribution is 2.61. The molecule has 3 heteroatoms. The summed E-state index contributed by atoms with van der Waals surface area (Å²) in [7, 11) is -1.51. The lowest BCUT2D eigenvalue weighted by atomic mass is 9.66. The van der Waals surface area contributed by atoms with Gasteiger partial charge < -0.3 is 9.80 Å². The predicted octanol–water partition coefficient (Wildman–Crippen LogP) is 19.5. The Labute approximate surface area is 439 Å². The molecule has 74 heavy (non-hydrogen) atoms. The van der Waals surface area contributed by atoms with E-state index in [1.807, 2.05) is 0 Å². The summed E-state index contributed by atoms with van der Waals surface area (Å²) in [4.78, 5) is 4.87. The first-order valence-corrected chi connectivity index (χ1v) is 30.0. The highest BCUT2D eigenvalue weighted by molar-refractivity contribution is 6.88. The molecule has 0 unspecified atom stereocenters. The smallest absolute Gasteiger partial charge is 0.0775 e.